The first kappa shape index (κ1) is 14.3. The molecule has 0 aliphatic rings. The predicted octanol–water partition coefficient (Wildman–Crippen LogP) is 3.21. The molecular formula is C14H12N2O5. The van der Waals surface area contributed by atoms with Gasteiger partial charge in [0.05, 0.1) is 12.0 Å². The molecule has 0 bridgehead atoms. The van der Waals surface area contributed by atoms with E-state index < -0.39 is 11.0 Å². The van der Waals surface area contributed by atoms with Crippen molar-refractivity contribution in [3.05, 3.63) is 58.6 Å². The number of methoxy groups -OCH3 is 1. The maximum atomic E-state index is 11.7. The van der Waals surface area contributed by atoms with Gasteiger partial charge in [0.25, 0.3) is 5.69 Å². The minimum Gasteiger partial charge on any atom is -0.497 e. The molecule has 2 aromatic carbocycles. The standard InChI is InChI=1S/C14H12N2O5/c1-20-10-6-8-11(9-7-10)21-14(17)15-12-4-2-3-5-13(12)16(18)19/h2-9H,1H3,(H,15,17). The van der Waals surface area contributed by atoms with Crippen LogP contribution in [-0.2, 0) is 0 Å². The van der Waals surface area contributed by atoms with Gasteiger partial charge in [0, 0.05) is 6.07 Å². The lowest BCUT2D eigenvalue weighted by atomic mass is 10.3. The number of benzene rings is 2. The van der Waals surface area contributed by atoms with Gasteiger partial charge in [-0.25, -0.2) is 4.79 Å². The molecule has 0 saturated carbocycles. The van der Waals surface area contributed by atoms with Crippen molar-refractivity contribution in [3.8, 4) is 11.5 Å². The molecule has 1 amide bonds. The van der Waals surface area contributed by atoms with Crippen LogP contribution in [0, 0.1) is 10.1 Å². The van der Waals surface area contributed by atoms with E-state index in [0.717, 1.165) is 0 Å². The number of ether oxygens (including phenoxy) is 2. The highest BCUT2D eigenvalue weighted by Crippen LogP contribution is 2.24. The average Bonchev–Trinajstić information content (AvgIpc) is 2.48. The summed E-state index contributed by atoms with van der Waals surface area (Å²) in [5, 5.41) is 13.2. The van der Waals surface area contributed by atoms with E-state index in [1.54, 1.807) is 30.3 Å². The van der Waals surface area contributed by atoms with Gasteiger partial charge in [0.2, 0.25) is 0 Å². The number of nitro groups is 1. The third-order valence-electron chi connectivity index (χ3n) is 2.61. The molecule has 0 atom stereocenters. The summed E-state index contributed by atoms with van der Waals surface area (Å²) in [7, 11) is 1.52. The van der Waals surface area contributed by atoms with E-state index in [0.29, 0.717) is 11.5 Å². The van der Waals surface area contributed by atoms with Gasteiger partial charge in [-0.15, -0.1) is 0 Å². The second-order valence-corrected chi connectivity index (χ2v) is 3.96. The molecule has 0 unspecified atom stereocenters. The Kier molecular flexibility index (Phi) is 4.35. The molecule has 0 heterocycles. The van der Waals surface area contributed by atoms with Gasteiger partial charge >= 0.3 is 6.09 Å². The molecule has 0 fully saturated rings. The number of para-hydroxylation sites is 2. The summed E-state index contributed by atoms with van der Waals surface area (Å²) in [5.74, 6) is 0.924. The Morgan fingerprint density at radius 1 is 1.10 bits per heavy atom. The Bertz CT molecular complexity index is 655. The van der Waals surface area contributed by atoms with Crippen molar-refractivity contribution in [2.45, 2.75) is 0 Å². The summed E-state index contributed by atoms with van der Waals surface area (Å²) in [6, 6.07) is 12.2. The molecule has 1 N–H and O–H groups in total. The van der Waals surface area contributed by atoms with Crippen LogP contribution in [0.4, 0.5) is 16.2 Å². The van der Waals surface area contributed by atoms with Gasteiger partial charge in [-0.3, -0.25) is 15.4 Å². The number of hydrogen-bond donors (Lipinski definition) is 1. The Morgan fingerprint density at radius 2 is 1.71 bits per heavy atom. The summed E-state index contributed by atoms with van der Waals surface area (Å²) in [4.78, 5) is 22.0. The van der Waals surface area contributed by atoms with Crippen molar-refractivity contribution in [3.63, 3.8) is 0 Å². The van der Waals surface area contributed by atoms with E-state index in [-0.39, 0.29) is 11.4 Å². The number of carbonyl (C=O) groups is 1. The minimum absolute atomic E-state index is 0.0704. The molecule has 0 saturated heterocycles. The third-order valence-corrected chi connectivity index (χ3v) is 2.61. The minimum atomic E-state index is -0.811. The van der Waals surface area contributed by atoms with Crippen molar-refractivity contribution in [2.75, 3.05) is 12.4 Å². The summed E-state index contributed by atoms with van der Waals surface area (Å²) in [6.07, 6.45) is -0.811. The van der Waals surface area contributed by atoms with Gasteiger partial charge < -0.3 is 9.47 Å². The lowest BCUT2D eigenvalue weighted by Gasteiger charge is -2.07. The van der Waals surface area contributed by atoms with Crippen LogP contribution in [0.3, 0.4) is 0 Å². The maximum absolute atomic E-state index is 11.7. The van der Waals surface area contributed by atoms with Gasteiger partial charge in [0.1, 0.15) is 17.2 Å². The molecule has 108 valence electrons. The van der Waals surface area contributed by atoms with Crippen LogP contribution in [-0.4, -0.2) is 18.1 Å². The number of nitrogens with one attached hydrogen (secondary N) is 1. The molecule has 0 aliphatic carbocycles. The van der Waals surface area contributed by atoms with Crippen molar-refractivity contribution >= 4 is 17.5 Å². The van der Waals surface area contributed by atoms with E-state index in [9.17, 15) is 14.9 Å². The number of rotatable bonds is 4. The number of amides is 1. The highest BCUT2D eigenvalue weighted by atomic mass is 16.6. The van der Waals surface area contributed by atoms with Crippen LogP contribution in [0.5, 0.6) is 11.5 Å². The number of carbonyl (C=O) groups excluding carboxylic acids is 1. The zero-order valence-electron chi connectivity index (χ0n) is 11.1. The van der Waals surface area contributed by atoms with E-state index in [1.165, 1.54) is 25.3 Å². The predicted molar refractivity (Wildman–Crippen MR) is 75.7 cm³/mol. The van der Waals surface area contributed by atoms with Crippen molar-refractivity contribution in [2.24, 2.45) is 0 Å². The van der Waals surface area contributed by atoms with E-state index in [1.807, 2.05) is 0 Å². The lowest BCUT2D eigenvalue weighted by Crippen LogP contribution is -2.17. The number of anilines is 1. The van der Waals surface area contributed by atoms with Crippen molar-refractivity contribution in [1.82, 2.24) is 0 Å². The second-order valence-electron chi connectivity index (χ2n) is 3.96. The molecule has 21 heavy (non-hydrogen) atoms. The molecule has 0 radical (unpaired) electrons. The van der Waals surface area contributed by atoms with Crippen LogP contribution in [0.2, 0.25) is 0 Å². The maximum Gasteiger partial charge on any atom is 0.417 e. The van der Waals surface area contributed by atoms with Gasteiger partial charge in [-0.1, -0.05) is 12.1 Å². The fourth-order valence-corrected chi connectivity index (χ4v) is 1.62. The van der Waals surface area contributed by atoms with E-state index in [4.69, 9.17) is 9.47 Å². The summed E-state index contributed by atoms with van der Waals surface area (Å²) >= 11 is 0. The van der Waals surface area contributed by atoms with Crippen molar-refractivity contribution < 1.29 is 19.2 Å². The molecule has 0 spiro atoms. The topological polar surface area (TPSA) is 90.7 Å². The fraction of sp³-hybridized carbons (Fsp3) is 0.0714. The largest absolute Gasteiger partial charge is 0.497 e. The first-order valence-electron chi connectivity index (χ1n) is 5.96. The summed E-state index contributed by atoms with van der Waals surface area (Å²) in [6.45, 7) is 0. The Hall–Kier alpha value is -3.09. The average molecular weight is 288 g/mol. The van der Waals surface area contributed by atoms with E-state index >= 15 is 0 Å². The molecule has 7 nitrogen and oxygen atoms in total. The van der Waals surface area contributed by atoms with Gasteiger partial charge in [0.15, 0.2) is 0 Å². The quantitative estimate of drug-likeness (QED) is 0.689. The van der Waals surface area contributed by atoms with Gasteiger partial charge in [-0.2, -0.15) is 0 Å². The van der Waals surface area contributed by atoms with Crippen molar-refractivity contribution in [1.29, 1.82) is 0 Å². The number of hydrogen-bond acceptors (Lipinski definition) is 5. The smallest absolute Gasteiger partial charge is 0.417 e. The van der Waals surface area contributed by atoms with Crippen LogP contribution in [0.1, 0.15) is 0 Å². The Labute approximate surface area is 120 Å². The molecule has 0 aromatic heterocycles. The van der Waals surface area contributed by atoms with Crippen LogP contribution in [0.25, 0.3) is 0 Å². The summed E-state index contributed by atoms with van der Waals surface area (Å²) < 4.78 is 10.0. The number of nitrogens with zero attached hydrogens (tertiary/aromatic N) is 1. The Balaban J connectivity index is 2.06. The SMILES string of the molecule is COc1ccc(OC(=O)Nc2ccccc2[N+](=O)[O-])cc1. The first-order chi connectivity index (χ1) is 10.1. The summed E-state index contributed by atoms with van der Waals surface area (Å²) in [5.41, 5.74) is -0.134. The monoisotopic (exact) mass is 288 g/mol. The van der Waals surface area contributed by atoms with Gasteiger partial charge in [-0.05, 0) is 30.3 Å². The Morgan fingerprint density at radius 3 is 2.33 bits per heavy atom. The lowest BCUT2D eigenvalue weighted by molar-refractivity contribution is -0.383. The molecule has 2 rings (SSSR count). The normalized spacial score (nSPS) is 9.76. The van der Waals surface area contributed by atoms with Crippen LogP contribution < -0.4 is 14.8 Å². The molecular weight excluding hydrogens is 276 g/mol. The highest BCUT2D eigenvalue weighted by molar-refractivity contribution is 5.89. The number of nitro benzene ring substituents is 1. The van der Waals surface area contributed by atoms with Crippen LogP contribution in [0.15, 0.2) is 48.5 Å². The molecule has 7 heteroatoms. The zero-order chi connectivity index (χ0) is 15.2. The molecule has 0 aliphatic heterocycles. The fourth-order valence-electron chi connectivity index (χ4n) is 1.62. The molecule has 2 aromatic rings. The van der Waals surface area contributed by atoms with E-state index in [2.05, 4.69) is 5.32 Å². The second kappa shape index (κ2) is 6.38. The zero-order valence-corrected chi connectivity index (χ0v) is 11.1. The third kappa shape index (κ3) is 3.69. The first-order valence-corrected chi connectivity index (χ1v) is 5.96. The highest BCUT2D eigenvalue weighted by Gasteiger charge is 2.15. The van der Waals surface area contributed by atoms with Crippen LogP contribution >= 0.6 is 0 Å².